The molecular weight excluding hydrogens is 180 g/mol. The molecule has 0 atom stereocenters. The Morgan fingerprint density at radius 3 is 2.71 bits per heavy atom. The van der Waals surface area contributed by atoms with Gasteiger partial charge >= 0.3 is 5.97 Å². The van der Waals surface area contributed by atoms with Gasteiger partial charge < -0.3 is 9.84 Å². The van der Waals surface area contributed by atoms with E-state index < -0.39 is 5.97 Å². The predicted octanol–water partition coefficient (Wildman–Crippen LogP) is 1.88. The minimum absolute atomic E-state index is 0.429. The second-order valence-corrected chi connectivity index (χ2v) is 3.43. The number of carboxylic acids is 1. The molecule has 0 unspecified atom stereocenters. The van der Waals surface area contributed by atoms with Gasteiger partial charge in [0.1, 0.15) is 5.75 Å². The van der Waals surface area contributed by atoms with E-state index in [0.29, 0.717) is 5.56 Å². The monoisotopic (exact) mass is 192 g/mol. The zero-order valence-corrected chi connectivity index (χ0v) is 8.04. The molecule has 0 fully saturated rings. The molecular formula is C11H12O3. The first-order valence-corrected chi connectivity index (χ1v) is 4.66. The van der Waals surface area contributed by atoms with Crippen molar-refractivity contribution in [3.05, 3.63) is 28.8 Å². The third-order valence-corrected chi connectivity index (χ3v) is 2.69. The Balaban J connectivity index is 2.58. The maximum absolute atomic E-state index is 10.9. The van der Waals surface area contributed by atoms with Crippen molar-refractivity contribution in [2.75, 3.05) is 7.11 Å². The van der Waals surface area contributed by atoms with Gasteiger partial charge in [0.2, 0.25) is 0 Å². The molecule has 3 nitrogen and oxygen atoms in total. The summed E-state index contributed by atoms with van der Waals surface area (Å²) in [6, 6.07) is 3.37. The maximum Gasteiger partial charge on any atom is 0.335 e. The fraction of sp³-hybridized carbons (Fsp3) is 0.364. The molecule has 1 aromatic carbocycles. The number of fused-ring (bicyclic) bond motifs is 1. The normalized spacial score (nSPS) is 13.8. The number of hydrogen-bond acceptors (Lipinski definition) is 2. The van der Waals surface area contributed by atoms with Gasteiger partial charge in [0.25, 0.3) is 0 Å². The Kier molecular flexibility index (Phi) is 2.15. The lowest BCUT2D eigenvalue weighted by molar-refractivity contribution is 0.0695. The standard InChI is InChI=1S/C11H12O3/c1-14-10-6-5-9(11(12)13)7-3-2-4-8(7)10/h5-6H,2-4H2,1H3,(H,12,13). The number of benzene rings is 1. The second kappa shape index (κ2) is 3.33. The first-order valence-electron chi connectivity index (χ1n) is 4.66. The fourth-order valence-corrected chi connectivity index (χ4v) is 2.06. The lowest BCUT2D eigenvalue weighted by Crippen LogP contribution is -2.03. The lowest BCUT2D eigenvalue weighted by atomic mass is 10.0. The number of carbonyl (C=O) groups is 1. The third kappa shape index (κ3) is 1.25. The van der Waals surface area contributed by atoms with Gasteiger partial charge in [-0.25, -0.2) is 4.79 Å². The topological polar surface area (TPSA) is 46.5 Å². The maximum atomic E-state index is 10.9. The van der Waals surface area contributed by atoms with E-state index in [0.717, 1.165) is 36.1 Å². The van der Waals surface area contributed by atoms with Crippen LogP contribution >= 0.6 is 0 Å². The van der Waals surface area contributed by atoms with E-state index in [2.05, 4.69) is 0 Å². The molecule has 74 valence electrons. The summed E-state index contributed by atoms with van der Waals surface area (Å²) in [5.41, 5.74) is 2.46. The van der Waals surface area contributed by atoms with Crippen molar-refractivity contribution in [1.82, 2.24) is 0 Å². The van der Waals surface area contributed by atoms with E-state index in [9.17, 15) is 4.79 Å². The number of hydrogen-bond donors (Lipinski definition) is 1. The quantitative estimate of drug-likeness (QED) is 0.778. The van der Waals surface area contributed by atoms with E-state index in [1.807, 2.05) is 0 Å². The zero-order valence-electron chi connectivity index (χ0n) is 8.04. The van der Waals surface area contributed by atoms with Crippen LogP contribution < -0.4 is 4.74 Å². The van der Waals surface area contributed by atoms with Crippen molar-refractivity contribution in [1.29, 1.82) is 0 Å². The van der Waals surface area contributed by atoms with Crippen LogP contribution in [0.4, 0.5) is 0 Å². The first kappa shape index (κ1) is 9.06. The van der Waals surface area contributed by atoms with Crippen LogP contribution in [-0.4, -0.2) is 18.2 Å². The van der Waals surface area contributed by atoms with Gasteiger partial charge in [0.15, 0.2) is 0 Å². The molecule has 1 aromatic rings. The van der Waals surface area contributed by atoms with E-state index in [-0.39, 0.29) is 0 Å². The minimum atomic E-state index is -0.842. The average molecular weight is 192 g/mol. The van der Waals surface area contributed by atoms with Gasteiger partial charge in [-0.15, -0.1) is 0 Å². The highest BCUT2D eigenvalue weighted by Crippen LogP contribution is 2.32. The molecule has 3 heteroatoms. The van der Waals surface area contributed by atoms with Crippen LogP contribution in [0.3, 0.4) is 0 Å². The Morgan fingerprint density at radius 1 is 1.36 bits per heavy atom. The summed E-state index contributed by atoms with van der Waals surface area (Å²) in [5, 5.41) is 8.97. The van der Waals surface area contributed by atoms with Crippen LogP contribution in [0, 0.1) is 0 Å². The van der Waals surface area contributed by atoms with Gasteiger partial charge in [-0.1, -0.05) is 0 Å². The summed E-state index contributed by atoms with van der Waals surface area (Å²) >= 11 is 0. The second-order valence-electron chi connectivity index (χ2n) is 3.43. The number of rotatable bonds is 2. The van der Waals surface area contributed by atoms with Crippen LogP contribution in [0.5, 0.6) is 5.75 Å². The summed E-state index contributed by atoms with van der Waals surface area (Å²) in [6.45, 7) is 0. The summed E-state index contributed by atoms with van der Waals surface area (Å²) in [6.07, 6.45) is 2.81. The highest BCUT2D eigenvalue weighted by atomic mass is 16.5. The highest BCUT2D eigenvalue weighted by Gasteiger charge is 2.21. The van der Waals surface area contributed by atoms with Crippen LogP contribution in [0.15, 0.2) is 12.1 Å². The van der Waals surface area contributed by atoms with Crippen molar-refractivity contribution < 1.29 is 14.6 Å². The SMILES string of the molecule is COc1ccc(C(=O)O)c2c1CCC2. The Hall–Kier alpha value is -1.51. The summed E-state index contributed by atoms with van der Waals surface area (Å²) in [5.74, 6) is -0.0201. The first-order chi connectivity index (χ1) is 6.74. The molecule has 0 saturated carbocycles. The molecule has 0 heterocycles. The van der Waals surface area contributed by atoms with Crippen molar-refractivity contribution in [2.45, 2.75) is 19.3 Å². The fourth-order valence-electron chi connectivity index (χ4n) is 2.06. The molecule has 14 heavy (non-hydrogen) atoms. The van der Waals surface area contributed by atoms with Crippen LogP contribution in [0.1, 0.15) is 27.9 Å². The molecule has 1 aliphatic rings. The van der Waals surface area contributed by atoms with Crippen molar-refractivity contribution >= 4 is 5.97 Å². The summed E-state index contributed by atoms with van der Waals surface area (Å²) < 4.78 is 5.20. The summed E-state index contributed by atoms with van der Waals surface area (Å²) in [4.78, 5) is 10.9. The molecule has 1 aliphatic carbocycles. The third-order valence-electron chi connectivity index (χ3n) is 2.69. The Bertz CT molecular complexity index is 382. The van der Waals surface area contributed by atoms with E-state index in [4.69, 9.17) is 9.84 Å². The largest absolute Gasteiger partial charge is 0.496 e. The van der Waals surface area contributed by atoms with Gasteiger partial charge in [0.05, 0.1) is 12.7 Å². The molecule has 0 saturated heterocycles. The van der Waals surface area contributed by atoms with Crippen LogP contribution in [0.2, 0.25) is 0 Å². The number of methoxy groups -OCH3 is 1. The molecule has 0 bridgehead atoms. The van der Waals surface area contributed by atoms with E-state index >= 15 is 0 Å². The minimum Gasteiger partial charge on any atom is -0.496 e. The Labute approximate surface area is 82.3 Å². The number of carboxylic acid groups (broad SMARTS) is 1. The average Bonchev–Trinajstić information content (AvgIpc) is 2.64. The van der Waals surface area contributed by atoms with Gasteiger partial charge in [-0.2, -0.15) is 0 Å². The van der Waals surface area contributed by atoms with Gasteiger partial charge in [-0.3, -0.25) is 0 Å². The molecule has 0 radical (unpaired) electrons. The molecule has 0 aromatic heterocycles. The number of aromatic carboxylic acids is 1. The Morgan fingerprint density at radius 2 is 2.07 bits per heavy atom. The highest BCUT2D eigenvalue weighted by molar-refractivity contribution is 5.90. The number of ether oxygens (including phenoxy) is 1. The lowest BCUT2D eigenvalue weighted by Gasteiger charge is -2.09. The van der Waals surface area contributed by atoms with E-state index in [1.165, 1.54) is 0 Å². The van der Waals surface area contributed by atoms with E-state index in [1.54, 1.807) is 19.2 Å². The van der Waals surface area contributed by atoms with Gasteiger partial charge in [0, 0.05) is 0 Å². The molecule has 0 spiro atoms. The predicted molar refractivity (Wildman–Crippen MR) is 52.0 cm³/mol. The van der Waals surface area contributed by atoms with Gasteiger partial charge in [-0.05, 0) is 42.5 Å². The van der Waals surface area contributed by atoms with Crippen LogP contribution in [-0.2, 0) is 12.8 Å². The van der Waals surface area contributed by atoms with Crippen molar-refractivity contribution in [2.24, 2.45) is 0 Å². The molecule has 2 rings (SSSR count). The van der Waals surface area contributed by atoms with Crippen LogP contribution in [0.25, 0.3) is 0 Å². The molecule has 0 amide bonds. The summed E-state index contributed by atoms with van der Waals surface area (Å²) in [7, 11) is 1.62. The van der Waals surface area contributed by atoms with Crippen molar-refractivity contribution in [3.63, 3.8) is 0 Å². The smallest absolute Gasteiger partial charge is 0.335 e. The van der Waals surface area contributed by atoms with Crippen molar-refractivity contribution in [3.8, 4) is 5.75 Å². The molecule has 1 N–H and O–H groups in total. The molecule has 0 aliphatic heterocycles. The zero-order chi connectivity index (χ0) is 10.1.